The van der Waals surface area contributed by atoms with Crippen molar-refractivity contribution in [3.63, 3.8) is 0 Å². The summed E-state index contributed by atoms with van der Waals surface area (Å²) in [6, 6.07) is 19.8. The Morgan fingerprint density at radius 3 is 2.58 bits per heavy atom. The molecule has 52 heavy (non-hydrogen) atoms. The maximum absolute atomic E-state index is 13.3. The summed E-state index contributed by atoms with van der Waals surface area (Å²) in [4.78, 5) is 69.9. The van der Waals surface area contributed by atoms with Gasteiger partial charge in [-0.1, -0.05) is 36.9 Å². The molecule has 4 aliphatic rings. The number of fused-ring (bicyclic) bond motifs is 3. The normalized spacial score (nSPS) is 20.8. The summed E-state index contributed by atoms with van der Waals surface area (Å²) in [7, 11) is 0. The molecule has 12 nitrogen and oxygen atoms in total. The predicted molar refractivity (Wildman–Crippen MR) is 196 cm³/mol. The summed E-state index contributed by atoms with van der Waals surface area (Å²) in [6.45, 7) is 6.38. The molecule has 4 aliphatic heterocycles. The predicted octanol–water partition coefficient (Wildman–Crippen LogP) is 3.99. The van der Waals surface area contributed by atoms with Crippen LogP contribution in [0.5, 0.6) is 5.75 Å². The molecule has 3 aromatic carbocycles. The van der Waals surface area contributed by atoms with Crippen LogP contribution >= 0.6 is 0 Å². The molecule has 268 valence electrons. The minimum Gasteiger partial charge on any atom is -0.507 e. The molecule has 4 amide bonds. The van der Waals surface area contributed by atoms with Crippen molar-refractivity contribution in [3.8, 4) is 5.75 Å². The number of phenols is 1. The number of allylic oxidation sites excluding steroid dienone is 2. The summed E-state index contributed by atoms with van der Waals surface area (Å²) in [6.07, 6.45) is 6.76. The first-order valence-electron chi connectivity index (χ1n) is 17.8. The molecule has 3 saturated heterocycles. The number of piperazine rings is 1. The molecule has 4 N–H and O–H groups in total. The fourth-order valence-electron chi connectivity index (χ4n) is 7.67. The topological polar surface area (TPSA) is 151 Å². The number of nitrogens with zero attached hydrogens (tertiary/aromatic N) is 3. The lowest BCUT2D eigenvalue weighted by atomic mass is 10.0. The second-order valence-corrected chi connectivity index (χ2v) is 13.7. The second kappa shape index (κ2) is 14.7. The molecular weight excluding hydrogens is 660 g/mol. The van der Waals surface area contributed by atoms with E-state index in [1.54, 1.807) is 36.4 Å². The van der Waals surface area contributed by atoms with E-state index >= 15 is 0 Å². The van der Waals surface area contributed by atoms with E-state index in [1.165, 1.54) is 12.1 Å². The Bertz CT molecular complexity index is 1970. The molecular formula is C40H42N6O6. The number of ketones is 1. The van der Waals surface area contributed by atoms with Gasteiger partial charge < -0.3 is 30.9 Å². The lowest BCUT2D eigenvalue weighted by Gasteiger charge is -2.35. The second-order valence-electron chi connectivity index (χ2n) is 13.7. The van der Waals surface area contributed by atoms with Crippen LogP contribution in [0.15, 0.2) is 91.3 Å². The molecule has 2 bridgehead atoms. The van der Waals surface area contributed by atoms with E-state index < -0.39 is 23.8 Å². The van der Waals surface area contributed by atoms with E-state index in [9.17, 15) is 29.1 Å². The Morgan fingerprint density at radius 1 is 0.962 bits per heavy atom. The largest absolute Gasteiger partial charge is 0.507 e. The SMILES string of the molecule is C=C1CCC(N2C(=O)c3cccc(NCCCC(=O)NCCc4cccc(N5C[C@H]6C[C@@H]5CN6/C=C/C(=O)c5ccccc5O)c4)c3C2=O)C(=O)N1. The van der Waals surface area contributed by atoms with Crippen molar-refractivity contribution < 1.29 is 29.1 Å². The Kier molecular flexibility index (Phi) is 9.80. The maximum Gasteiger partial charge on any atom is 0.264 e. The number of hydrogen-bond donors (Lipinski definition) is 4. The molecule has 1 unspecified atom stereocenters. The Morgan fingerprint density at radius 2 is 1.79 bits per heavy atom. The average molecular weight is 703 g/mol. The number of piperidine rings is 1. The van der Waals surface area contributed by atoms with Gasteiger partial charge in [0.1, 0.15) is 11.8 Å². The van der Waals surface area contributed by atoms with Crippen LogP contribution in [0.2, 0.25) is 0 Å². The first-order chi connectivity index (χ1) is 25.2. The van der Waals surface area contributed by atoms with Crippen LogP contribution in [-0.2, 0) is 16.0 Å². The van der Waals surface area contributed by atoms with E-state index in [-0.39, 0.29) is 28.6 Å². The molecule has 0 spiro atoms. The minimum absolute atomic E-state index is 0.0151. The van der Waals surface area contributed by atoms with Crippen LogP contribution in [0.4, 0.5) is 11.4 Å². The molecule has 0 aromatic heterocycles. The number of carbonyl (C=O) groups excluding carboxylic acids is 5. The van der Waals surface area contributed by atoms with Crippen LogP contribution in [0.25, 0.3) is 0 Å². The van der Waals surface area contributed by atoms with Crippen LogP contribution in [0.1, 0.15) is 68.7 Å². The number of aromatic hydroxyl groups is 1. The smallest absolute Gasteiger partial charge is 0.264 e. The number of imide groups is 1. The number of anilines is 2. The van der Waals surface area contributed by atoms with Gasteiger partial charge in [0.25, 0.3) is 11.8 Å². The molecule has 7 rings (SSSR count). The maximum atomic E-state index is 13.3. The van der Waals surface area contributed by atoms with E-state index in [4.69, 9.17) is 0 Å². The van der Waals surface area contributed by atoms with Crippen LogP contribution in [0.3, 0.4) is 0 Å². The van der Waals surface area contributed by atoms with Crippen molar-refractivity contribution in [2.24, 2.45) is 0 Å². The van der Waals surface area contributed by atoms with Crippen molar-refractivity contribution >= 4 is 40.8 Å². The van der Waals surface area contributed by atoms with E-state index in [0.29, 0.717) is 74.2 Å². The number of benzene rings is 3. The molecule has 3 aromatic rings. The Hall–Kier alpha value is -5.91. The monoisotopic (exact) mass is 702 g/mol. The average Bonchev–Trinajstić information content (AvgIpc) is 3.81. The number of phenolic OH excluding ortho intramolecular Hbond substituents is 1. The van der Waals surface area contributed by atoms with Crippen LogP contribution in [0, 0.1) is 0 Å². The molecule has 0 aliphatic carbocycles. The van der Waals surface area contributed by atoms with Gasteiger partial charge in [-0.25, -0.2) is 0 Å². The van der Waals surface area contributed by atoms with Gasteiger partial charge in [0.15, 0.2) is 5.78 Å². The number of carbonyl (C=O) groups is 5. The Labute approximate surface area is 302 Å². The molecule has 0 radical (unpaired) electrons. The molecule has 3 fully saturated rings. The Balaban J connectivity index is 0.841. The zero-order chi connectivity index (χ0) is 36.4. The highest BCUT2D eigenvalue weighted by Crippen LogP contribution is 2.36. The van der Waals surface area contributed by atoms with Gasteiger partial charge in [-0.05, 0) is 74.1 Å². The first-order valence-corrected chi connectivity index (χ1v) is 17.8. The summed E-state index contributed by atoms with van der Waals surface area (Å²) in [5, 5.41) is 18.8. The van der Waals surface area contributed by atoms with Crippen molar-refractivity contribution in [2.45, 2.75) is 56.7 Å². The first kappa shape index (κ1) is 34.5. The zero-order valence-electron chi connectivity index (χ0n) is 28.8. The third kappa shape index (κ3) is 7.01. The quantitative estimate of drug-likeness (QED) is 0.0898. The van der Waals surface area contributed by atoms with Crippen LogP contribution in [-0.4, -0.2) is 88.6 Å². The van der Waals surface area contributed by atoms with Crippen molar-refractivity contribution in [2.75, 3.05) is 36.4 Å². The van der Waals surface area contributed by atoms with Gasteiger partial charge in [0, 0.05) is 74.0 Å². The van der Waals surface area contributed by atoms with Gasteiger partial charge >= 0.3 is 0 Å². The third-order valence-electron chi connectivity index (χ3n) is 10.3. The van der Waals surface area contributed by atoms with E-state index in [0.717, 1.165) is 35.7 Å². The van der Waals surface area contributed by atoms with Gasteiger partial charge in [0.2, 0.25) is 11.8 Å². The molecule has 3 atom stereocenters. The minimum atomic E-state index is -0.872. The third-order valence-corrected chi connectivity index (χ3v) is 10.3. The summed E-state index contributed by atoms with van der Waals surface area (Å²) < 4.78 is 0. The fraction of sp³-hybridized carbons (Fsp3) is 0.325. The highest BCUT2D eigenvalue weighted by atomic mass is 16.3. The number of nitrogens with one attached hydrogen (secondary N) is 3. The lowest BCUT2D eigenvalue weighted by Crippen LogP contribution is -2.51. The summed E-state index contributed by atoms with van der Waals surface area (Å²) >= 11 is 0. The van der Waals surface area contributed by atoms with Crippen LogP contribution < -0.4 is 20.9 Å². The highest BCUT2D eigenvalue weighted by molar-refractivity contribution is 6.25. The van der Waals surface area contributed by atoms with Gasteiger partial charge in [-0.3, -0.25) is 28.9 Å². The highest BCUT2D eigenvalue weighted by Gasteiger charge is 2.45. The van der Waals surface area contributed by atoms with Crippen molar-refractivity contribution in [1.29, 1.82) is 0 Å². The molecule has 4 heterocycles. The van der Waals surface area contributed by atoms with Gasteiger partial charge in [-0.2, -0.15) is 0 Å². The number of likely N-dealkylation sites (tertiary alicyclic amines) is 1. The summed E-state index contributed by atoms with van der Waals surface area (Å²) in [5.74, 6) is -1.68. The van der Waals surface area contributed by atoms with Gasteiger partial charge in [0.05, 0.1) is 16.7 Å². The number of rotatable bonds is 13. The van der Waals surface area contributed by atoms with Gasteiger partial charge in [-0.15, -0.1) is 0 Å². The standard InChI is InChI=1S/C40H42N6O6/c1-25-14-15-33(38(50)43-25)46-39(51)31-10-5-11-32(37(31)40(46)52)41-18-6-13-36(49)42-19-16-26-7-4-8-27(21-26)45-24-28-22-29(45)23-44(28)20-17-35(48)30-9-2-3-12-34(30)47/h2-5,7-12,17,20-21,28-29,33,41,47H,1,6,13-16,18-19,22-24H2,(H,42,49)(H,43,50)/b20-17+/t28-,29-,33?/m1/s1. The number of hydrogen-bond acceptors (Lipinski definition) is 9. The zero-order valence-corrected chi connectivity index (χ0v) is 28.8. The van der Waals surface area contributed by atoms with Crippen molar-refractivity contribution in [1.82, 2.24) is 20.4 Å². The van der Waals surface area contributed by atoms with E-state index in [2.05, 4.69) is 50.5 Å². The lowest BCUT2D eigenvalue weighted by molar-refractivity contribution is -0.125. The van der Waals surface area contributed by atoms with E-state index in [1.807, 2.05) is 12.3 Å². The number of para-hydroxylation sites is 1. The fourth-order valence-corrected chi connectivity index (χ4v) is 7.67. The molecule has 0 saturated carbocycles. The number of amides is 4. The molecule has 12 heteroatoms. The summed E-state index contributed by atoms with van der Waals surface area (Å²) in [5.41, 5.74) is 4.19. The van der Waals surface area contributed by atoms with Crippen molar-refractivity contribution in [3.05, 3.63) is 114 Å².